The molecular weight excluding hydrogens is 605 g/mol. The van der Waals surface area contributed by atoms with Crippen molar-refractivity contribution in [3.05, 3.63) is 120 Å². The summed E-state index contributed by atoms with van der Waals surface area (Å²) in [7, 11) is 0. The number of benzene rings is 5. The first-order valence-corrected chi connectivity index (χ1v) is 19.3. The van der Waals surface area contributed by atoms with Crippen LogP contribution < -0.4 is 31.1 Å². The topological polar surface area (TPSA) is 9.72 Å². The Morgan fingerprint density at radius 1 is 0.540 bits per heavy atom. The van der Waals surface area contributed by atoms with Crippen molar-refractivity contribution in [1.82, 2.24) is 0 Å². The van der Waals surface area contributed by atoms with Crippen molar-refractivity contribution in [1.29, 1.82) is 0 Å². The van der Waals surface area contributed by atoms with Gasteiger partial charge >= 0.3 is 0 Å². The molecular formula is C46H46BN3. The van der Waals surface area contributed by atoms with E-state index in [9.17, 15) is 0 Å². The molecule has 0 amide bonds. The smallest absolute Gasteiger partial charge is 0.252 e. The third-order valence-corrected chi connectivity index (χ3v) is 15.0. The highest BCUT2D eigenvalue weighted by molar-refractivity contribution is 7.00. The lowest BCUT2D eigenvalue weighted by Crippen LogP contribution is -2.65. The fourth-order valence-corrected chi connectivity index (χ4v) is 12.4. The summed E-state index contributed by atoms with van der Waals surface area (Å²) in [5, 5.41) is 0. The van der Waals surface area contributed by atoms with E-state index in [0.29, 0.717) is 0 Å². The highest BCUT2D eigenvalue weighted by Crippen LogP contribution is 2.65. The zero-order valence-corrected chi connectivity index (χ0v) is 30.0. The van der Waals surface area contributed by atoms with Crippen LogP contribution in [-0.2, 0) is 10.8 Å². The van der Waals surface area contributed by atoms with Gasteiger partial charge in [-0.05, 0) is 116 Å². The molecule has 248 valence electrons. The molecule has 4 heteroatoms. The summed E-state index contributed by atoms with van der Waals surface area (Å²) >= 11 is 0. The van der Waals surface area contributed by atoms with E-state index < -0.39 is 0 Å². The van der Waals surface area contributed by atoms with E-state index in [1.54, 1.807) is 16.6 Å². The van der Waals surface area contributed by atoms with Gasteiger partial charge in [-0.3, -0.25) is 0 Å². The number of hydrogen-bond donors (Lipinski definition) is 0. The van der Waals surface area contributed by atoms with Crippen molar-refractivity contribution in [2.75, 3.05) is 14.7 Å². The molecule has 2 unspecified atom stereocenters. The zero-order valence-electron chi connectivity index (χ0n) is 30.0. The van der Waals surface area contributed by atoms with E-state index in [1.807, 2.05) is 0 Å². The van der Waals surface area contributed by atoms with Gasteiger partial charge in [0.05, 0.1) is 5.54 Å². The second-order valence-electron chi connectivity index (χ2n) is 17.2. The summed E-state index contributed by atoms with van der Waals surface area (Å²) in [6, 6.07) is 41.8. The summed E-state index contributed by atoms with van der Waals surface area (Å²) in [5.41, 5.74) is 17.5. The van der Waals surface area contributed by atoms with Gasteiger partial charge in [0.15, 0.2) is 0 Å². The van der Waals surface area contributed by atoms with Gasteiger partial charge in [0.2, 0.25) is 0 Å². The van der Waals surface area contributed by atoms with Gasteiger partial charge in [-0.15, -0.1) is 0 Å². The molecule has 3 nitrogen and oxygen atoms in total. The van der Waals surface area contributed by atoms with Crippen LogP contribution >= 0.6 is 0 Å². The van der Waals surface area contributed by atoms with E-state index in [4.69, 9.17) is 0 Å². The van der Waals surface area contributed by atoms with Gasteiger partial charge in [0, 0.05) is 56.2 Å². The minimum atomic E-state index is 0.000696. The molecule has 2 fully saturated rings. The van der Waals surface area contributed by atoms with Gasteiger partial charge in [0.25, 0.3) is 6.71 Å². The maximum atomic E-state index is 2.88. The molecule has 2 saturated carbocycles. The van der Waals surface area contributed by atoms with Crippen LogP contribution in [0.4, 0.5) is 39.8 Å². The monoisotopic (exact) mass is 651 g/mol. The maximum Gasteiger partial charge on any atom is 0.252 e. The number of nitrogens with zero attached hydrogens (tertiary/aromatic N) is 3. The largest absolute Gasteiger partial charge is 0.336 e. The van der Waals surface area contributed by atoms with Crippen LogP contribution in [0.3, 0.4) is 0 Å². The van der Waals surface area contributed by atoms with Gasteiger partial charge in [0.1, 0.15) is 0 Å². The molecule has 4 aliphatic heterocycles. The average molecular weight is 652 g/mol. The summed E-state index contributed by atoms with van der Waals surface area (Å²) in [4.78, 5) is 8.17. The molecule has 2 aliphatic carbocycles. The van der Waals surface area contributed by atoms with E-state index in [1.165, 1.54) is 102 Å². The predicted octanol–water partition coefficient (Wildman–Crippen LogP) is 9.78. The molecule has 4 heterocycles. The second-order valence-corrected chi connectivity index (χ2v) is 17.2. The van der Waals surface area contributed by atoms with Crippen LogP contribution in [-0.4, -0.2) is 17.8 Å². The summed E-state index contributed by atoms with van der Waals surface area (Å²) in [5.74, 6) is 0. The highest BCUT2D eigenvalue weighted by Gasteiger charge is 2.65. The lowest BCUT2D eigenvalue weighted by atomic mass is 9.33. The minimum Gasteiger partial charge on any atom is -0.336 e. The highest BCUT2D eigenvalue weighted by atomic mass is 15.3. The Labute approximate surface area is 298 Å². The summed E-state index contributed by atoms with van der Waals surface area (Å²) < 4.78 is 0. The standard InChI is InChI=1S/C46H46BN3/c1-43(2)46(28-13-14-29-46)35-20-15-21-37-41(35)49(43)38-25-23-34-42-40(38)47(37)36-24-22-33(30-39(36)50(42)45(4)27-12-11-26-44(34,45)3)48(31-16-7-5-8-17-31)32-18-9-6-10-19-32/h5-10,15-25,30H,11-14,26-29H2,1-4H3. The van der Waals surface area contributed by atoms with E-state index in [0.717, 1.165) is 0 Å². The summed E-state index contributed by atoms with van der Waals surface area (Å²) in [6.07, 6.45) is 10.3. The normalized spacial score (nSPS) is 25.3. The van der Waals surface area contributed by atoms with Crippen LogP contribution in [0.1, 0.15) is 90.2 Å². The fraction of sp³-hybridized carbons (Fsp3) is 0.348. The Morgan fingerprint density at radius 3 is 1.94 bits per heavy atom. The molecule has 50 heavy (non-hydrogen) atoms. The molecule has 11 rings (SSSR count). The number of anilines is 7. The number of hydrogen-bond acceptors (Lipinski definition) is 3. The fourth-order valence-electron chi connectivity index (χ4n) is 12.4. The first kappa shape index (κ1) is 29.3. The SMILES string of the molecule is CC12CCCCC1(C)N1c3cc(N(c4ccccc4)c4ccccc4)ccc3B3c4cccc5c4N(c4ccc2c1c43)C(C)(C)C51CCCC1. The lowest BCUT2D eigenvalue weighted by Gasteiger charge is -2.53. The maximum absolute atomic E-state index is 2.88. The van der Waals surface area contributed by atoms with E-state index in [2.05, 4.69) is 152 Å². The molecule has 0 saturated heterocycles. The molecule has 0 bridgehead atoms. The number of fused-ring (bicyclic) bond motifs is 9. The van der Waals surface area contributed by atoms with E-state index >= 15 is 0 Å². The molecule has 1 spiro atoms. The van der Waals surface area contributed by atoms with Crippen LogP contribution in [0.2, 0.25) is 0 Å². The second kappa shape index (κ2) is 9.66. The zero-order chi connectivity index (χ0) is 33.6. The molecule has 5 aromatic rings. The predicted molar refractivity (Wildman–Crippen MR) is 211 cm³/mol. The lowest BCUT2D eigenvalue weighted by molar-refractivity contribution is 0.195. The Morgan fingerprint density at radius 2 is 1.22 bits per heavy atom. The molecule has 0 radical (unpaired) electrons. The number of rotatable bonds is 3. The van der Waals surface area contributed by atoms with Gasteiger partial charge in [-0.2, -0.15) is 0 Å². The Balaban J connectivity index is 1.22. The first-order chi connectivity index (χ1) is 24.3. The Hall–Kier alpha value is -4.44. The summed E-state index contributed by atoms with van der Waals surface area (Å²) in [6.45, 7) is 10.5. The molecule has 0 N–H and O–H groups in total. The van der Waals surface area contributed by atoms with Crippen LogP contribution in [0, 0.1) is 0 Å². The van der Waals surface area contributed by atoms with Crippen molar-refractivity contribution in [3.63, 3.8) is 0 Å². The van der Waals surface area contributed by atoms with E-state index in [-0.39, 0.29) is 28.6 Å². The van der Waals surface area contributed by atoms with Crippen LogP contribution in [0.15, 0.2) is 109 Å². The minimum absolute atomic E-state index is 0.000696. The molecule has 5 aromatic carbocycles. The Kier molecular flexibility index (Phi) is 5.66. The van der Waals surface area contributed by atoms with Crippen molar-refractivity contribution < 1.29 is 0 Å². The van der Waals surface area contributed by atoms with Crippen molar-refractivity contribution in [2.24, 2.45) is 0 Å². The van der Waals surface area contributed by atoms with Crippen LogP contribution in [0.5, 0.6) is 0 Å². The average Bonchev–Trinajstić information content (AvgIpc) is 3.78. The van der Waals surface area contributed by atoms with Crippen molar-refractivity contribution in [3.8, 4) is 0 Å². The van der Waals surface area contributed by atoms with Crippen molar-refractivity contribution in [2.45, 2.75) is 101 Å². The van der Waals surface area contributed by atoms with Crippen molar-refractivity contribution >= 4 is 62.9 Å². The molecule has 6 aliphatic rings. The third kappa shape index (κ3) is 3.26. The molecule has 0 aromatic heterocycles. The quantitative estimate of drug-likeness (QED) is 0.180. The first-order valence-electron chi connectivity index (χ1n) is 19.3. The number of para-hydroxylation sites is 3. The Bertz CT molecular complexity index is 2180. The van der Waals surface area contributed by atoms with Gasteiger partial charge < -0.3 is 14.7 Å². The van der Waals surface area contributed by atoms with Gasteiger partial charge in [-0.25, -0.2) is 0 Å². The molecule has 2 atom stereocenters. The van der Waals surface area contributed by atoms with Crippen LogP contribution in [0.25, 0.3) is 0 Å². The van der Waals surface area contributed by atoms with Gasteiger partial charge in [-0.1, -0.05) is 99.3 Å². The third-order valence-electron chi connectivity index (χ3n) is 15.0.